The highest BCUT2D eigenvalue weighted by Crippen LogP contribution is 2.29. The van der Waals surface area contributed by atoms with Crippen LogP contribution in [0.2, 0.25) is 0 Å². The van der Waals surface area contributed by atoms with Crippen molar-refractivity contribution >= 4 is 15.9 Å². The van der Waals surface area contributed by atoms with Crippen molar-refractivity contribution in [2.75, 3.05) is 26.7 Å². The average Bonchev–Trinajstić information content (AvgIpc) is 3.14. The third kappa shape index (κ3) is 3.86. The van der Waals surface area contributed by atoms with Crippen molar-refractivity contribution in [3.8, 4) is 11.8 Å². The van der Waals surface area contributed by atoms with Crippen molar-refractivity contribution in [3.63, 3.8) is 0 Å². The molecule has 1 aliphatic heterocycles. The molecule has 2 rings (SSSR count). The van der Waals surface area contributed by atoms with Gasteiger partial charge in [0.1, 0.15) is 10.6 Å². The second-order valence-electron chi connectivity index (χ2n) is 5.72. The first-order valence-electron chi connectivity index (χ1n) is 7.76. The number of sulfonamides is 1. The Morgan fingerprint density at radius 1 is 1.42 bits per heavy atom. The van der Waals surface area contributed by atoms with Gasteiger partial charge in [0, 0.05) is 25.2 Å². The van der Waals surface area contributed by atoms with Crippen LogP contribution in [0, 0.1) is 17.2 Å². The van der Waals surface area contributed by atoms with Gasteiger partial charge in [0.2, 0.25) is 10.0 Å². The van der Waals surface area contributed by atoms with E-state index in [2.05, 4.69) is 5.32 Å². The number of nitrogens with zero attached hydrogens (tertiary/aromatic N) is 2. The van der Waals surface area contributed by atoms with E-state index in [4.69, 9.17) is 10.00 Å². The van der Waals surface area contributed by atoms with Crippen molar-refractivity contribution in [3.05, 3.63) is 23.8 Å². The Morgan fingerprint density at radius 3 is 2.67 bits per heavy atom. The smallest absolute Gasteiger partial charge is 0.251 e. The molecule has 0 aromatic heterocycles. The molecule has 0 saturated carbocycles. The van der Waals surface area contributed by atoms with Crippen LogP contribution in [0.25, 0.3) is 0 Å². The number of amides is 1. The van der Waals surface area contributed by atoms with E-state index in [-0.39, 0.29) is 28.7 Å². The van der Waals surface area contributed by atoms with Crippen LogP contribution in [0.15, 0.2) is 23.1 Å². The molecule has 0 radical (unpaired) electrons. The number of carbonyl (C=O) groups excluding carboxylic acids is 1. The normalized spacial score (nSPS) is 16.4. The lowest BCUT2D eigenvalue weighted by atomic mass is 10.1. The van der Waals surface area contributed by atoms with Crippen LogP contribution < -0.4 is 10.1 Å². The largest absolute Gasteiger partial charge is 0.495 e. The Balaban J connectivity index is 2.31. The maximum absolute atomic E-state index is 12.8. The topological polar surface area (TPSA) is 99.5 Å². The number of rotatable bonds is 6. The second kappa shape index (κ2) is 7.64. The zero-order valence-electron chi connectivity index (χ0n) is 13.8. The summed E-state index contributed by atoms with van der Waals surface area (Å²) < 4.78 is 32.1. The fourth-order valence-corrected chi connectivity index (χ4v) is 4.18. The second-order valence-corrected chi connectivity index (χ2v) is 7.62. The van der Waals surface area contributed by atoms with Gasteiger partial charge in [-0.15, -0.1) is 0 Å². The van der Waals surface area contributed by atoms with E-state index in [1.54, 1.807) is 6.92 Å². The Morgan fingerprint density at radius 2 is 2.08 bits per heavy atom. The molecule has 7 nitrogen and oxygen atoms in total. The minimum absolute atomic E-state index is 0.00659. The van der Waals surface area contributed by atoms with Gasteiger partial charge in [-0.2, -0.15) is 9.57 Å². The van der Waals surface area contributed by atoms with Gasteiger partial charge < -0.3 is 10.1 Å². The van der Waals surface area contributed by atoms with Gasteiger partial charge in [0.25, 0.3) is 5.91 Å². The maximum atomic E-state index is 12.8. The molecule has 1 heterocycles. The van der Waals surface area contributed by atoms with E-state index < -0.39 is 15.9 Å². The van der Waals surface area contributed by atoms with Crippen LogP contribution in [0.5, 0.6) is 5.75 Å². The van der Waals surface area contributed by atoms with E-state index in [1.165, 1.54) is 29.6 Å². The summed E-state index contributed by atoms with van der Waals surface area (Å²) in [5, 5.41) is 11.4. The van der Waals surface area contributed by atoms with Crippen molar-refractivity contribution in [1.29, 1.82) is 5.26 Å². The SMILES string of the molecule is COc1ccc(C(=O)NC[C@H](C)C#N)cc1S(=O)(=O)N1CCCC1. The van der Waals surface area contributed by atoms with Crippen LogP contribution in [0.3, 0.4) is 0 Å². The van der Waals surface area contributed by atoms with Gasteiger partial charge in [-0.25, -0.2) is 8.42 Å². The molecule has 24 heavy (non-hydrogen) atoms. The van der Waals surface area contributed by atoms with E-state index in [9.17, 15) is 13.2 Å². The van der Waals surface area contributed by atoms with Crippen LogP contribution in [-0.2, 0) is 10.0 Å². The Hall–Kier alpha value is -2.11. The molecule has 1 atom stereocenters. The predicted molar refractivity (Wildman–Crippen MR) is 88.1 cm³/mol. The number of carbonyl (C=O) groups is 1. The molecule has 1 fully saturated rings. The number of hydrogen-bond donors (Lipinski definition) is 1. The summed E-state index contributed by atoms with van der Waals surface area (Å²) in [5.41, 5.74) is 0.221. The molecule has 8 heteroatoms. The van der Waals surface area contributed by atoms with Crippen molar-refractivity contribution < 1.29 is 17.9 Å². The standard InChI is InChI=1S/C16H21N3O4S/c1-12(10-17)11-18-16(20)13-5-6-14(23-2)15(9-13)24(21,22)19-7-3-4-8-19/h5-6,9,12H,3-4,7-8,11H2,1-2H3,(H,18,20)/t12-/m1/s1. The molecular weight excluding hydrogens is 330 g/mol. The van der Waals surface area contributed by atoms with Crippen molar-refractivity contribution in [2.45, 2.75) is 24.7 Å². The molecule has 1 aromatic rings. The molecule has 0 bridgehead atoms. The fourth-order valence-electron chi connectivity index (χ4n) is 2.48. The maximum Gasteiger partial charge on any atom is 0.251 e. The van der Waals surface area contributed by atoms with E-state index in [1.807, 2.05) is 6.07 Å². The Labute approximate surface area is 142 Å². The van der Waals surface area contributed by atoms with Gasteiger partial charge >= 0.3 is 0 Å². The first-order valence-corrected chi connectivity index (χ1v) is 9.20. The number of benzene rings is 1. The number of nitrogens with one attached hydrogen (secondary N) is 1. The first-order chi connectivity index (χ1) is 11.4. The summed E-state index contributed by atoms with van der Waals surface area (Å²) in [4.78, 5) is 12.2. The Bertz CT molecular complexity index is 749. The van der Waals surface area contributed by atoms with E-state index in [0.29, 0.717) is 13.1 Å². The van der Waals surface area contributed by atoms with E-state index >= 15 is 0 Å². The highest BCUT2D eigenvalue weighted by molar-refractivity contribution is 7.89. The average molecular weight is 351 g/mol. The predicted octanol–water partition coefficient (Wildman–Crippen LogP) is 1.37. The molecule has 1 N–H and O–H groups in total. The molecule has 1 saturated heterocycles. The third-order valence-electron chi connectivity index (χ3n) is 3.90. The summed E-state index contributed by atoms with van der Waals surface area (Å²) in [7, 11) is -2.30. The monoisotopic (exact) mass is 351 g/mol. The minimum Gasteiger partial charge on any atom is -0.495 e. The van der Waals surface area contributed by atoms with Gasteiger partial charge in [-0.1, -0.05) is 0 Å². The molecule has 1 amide bonds. The van der Waals surface area contributed by atoms with Crippen LogP contribution >= 0.6 is 0 Å². The Kier molecular flexibility index (Phi) is 5.80. The quantitative estimate of drug-likeness (QED) is 0.834. The lowest BCUT2D eigenvalue weighted by molar-refractivity contribution is 0.0950. The van der Waals surface area contributed by atoms with Gasteiger partial charge in [0.15, 0.2) is 0 Å². The van der Waals surface area contributed by atoms with E-state index in [0.717, 1.165) is 12.8 Å². The van der Waals surface area contributed by atoms with Crippen LogP contribution in [-0.4, -0.2) is 45.4 Å². The molecule has 1 aromatic carbocycles. The lowest BCUT2D eigenvalue weighted by Gasteiger charge is -2.18. The number of nitriles is 1. The molecule has 0 unspecified atom stereocenters. The van der Waals surface area contributed by atoms with Crippen LogP contribution in [0.1, 0.15) is 30.1 Å². The summed E-state index contributed by atoms with van der Waals surface area (Å²) in [6.07, 6.45) is 1.65. The number of methoxy groups -OCH3 is 1. The van der Waals surface area contributed by atoms with Crippen LogP contribution in [0.4, 0.5) is 0 Å². The fraction of sp³-hybridized carbons (Fsp3) is 0.500. The minimum atomic E-state index is -3.70. The van der Waals surface area contributed by atoms with Crippen molar-refractivity contribution in [2.24, 2.45) is 5.92 Å². The number of hydrogen-bond acceptors (Lipinski definition) is 5. The summed E-state index contributed by atoms with van der Waals surface area (Å²) >= 11 is 0. The molecule has 0 spiro atoms. The summed E-state index contributed by atoms with van der Waals surface area (Å²) in [5.74, 6) is -0.526. The van der Waals surface area contributed by atoms with Gasteiger partial charge in [0.05, 0.1) is 19.1 Å². The summed E-state index contributed by atoms with van der Waals surface area (Å²) in [6, 6.07) is 6.34. The summed E-state index contributed by atoms with van der Waals surface area (Å²) in [6.45, 7) is 2.84. The van der Waals surface area contributed by atoms with Gasteiger partial charge in [-0.3, -0.25) is 4.79 Å². The molecule has 0 aliphatic carbocycles. The number of ether oxygens (including phenoxy) is 1. The lowest BCUT2D eigenvalue weighted by Crippen LogP contribution is -2.30. The molecule has 1 aliphatic rings. The van der Waals surface area contributed by atoms with Crippen molar-refractivity contribution in [1.82, 2.24) is 9.62 Å². The first kappa shape index (κ1) is 18.2. The highest BCUT2D eigenvalue weighted by atomic mass is 32.2. The molecule has 130 valence electrons. The van der Waals surface area contributed by atoms with Gasteiger partial charge in [-0.05, 0) is 38.0 Å². The highest BCUT2D eigenvalue weighted by Gasteiger charge is 2.30. The zero-order valence-corrected chi connectivity index (χ0v) is 14.6. The zero-order chi connectivity index (χ0) is 17.7. The third-order valence-corrected chi connectivity index (χ3v) is 5.82. The molecular formula is C16H21N3O4S.